The Labute approximate surface area is 133 Å². The van der Waals surface area contributed by atoms with Crippen LogP contribution in [0.1, 0.15) is 31.2 Å². The quantitative estimate of drug-likeness (QED) is 0.504. The minimum Gasteiger partial charge on any atom is -0.377 e. The number of hydrogen-bond acceptors (Lipinski definition) is 3. The molecule has 22 heavy (non-hydrogen) atoms. The number of hydrogen-bond donors (Lipinski definition) is 0. The predicted molar refractivity (Wildman–Crippen MR) is 88.5 cm³/mol. The topological polar surface area (TPSA) is 27.7 Å². The molecular formula is C19H26O3. The van der Waals surface area contributed by atoms with Crippen LogP contribution in [0.3, 0.4) is 0 Å². The van der Waals surface area contributed by atoms with Crippen LogP contribution in [0.25, 0.3) is 0 Å². The molecule has 0 bridgehead atoms. The van der Waals surface area contributed by atoms with Gasteiger partial charge in [-0.25, -0.2) is 0 Å². The maximum Gasteiger partial charge on any atom is 0.160 e. The molecule has 0 aliphatic carbocycles. The highest BCUT2D eigenvalue weighted by atomic mass is 16.7. The monoisotopic (exact) mass is 302 g/mol. The average molecular weight is 302 g/mol. The number of rotatable bonds is 9. The molecule has 0 unspecified atom stereocenters. The van der Waals surface area contributed by atoms with Gasteiger partial charge < -0.3 is 14.2 Å². The van der Waals surface area contributed by atoms with E-state index in [-0.39, 0.29) is 18.5 Å². The van der Waals surface area contributed by atoms with Gasteiger partial charge in [-0.2, -0.15) is 0 Å². The Morgan fingerprint density at radius 2 is 1.68 bits per heavy atom. The van der Waals surface area contributed by atoms with Gasteiger partial charge in [-0.05, 0) is 18.4 Å². The van der Waals surface area contributed by atoms with Gasteiger partial charge in [0, 0.05) is 12.8 Å². The minimum absolute atomic E-state index is 0.190. The predicted octanol–water partition coefficient (Wildman–Crippen LogP) is 4.25. The Morgan fingerprint density at radius 1 is 1.05 bits per heavy atom. The first kappa shape index (κ1) is 16.9. The van der Waals surface area contributed by atoms with Crippen molar-refractivity contribution in [3.05, 3.63) is 61.2 Å². The second kappa shape index (κ2) is 9.57. The van der Waals surface area contributed by atoms with E-state index in [4.69, 9.17) is 14.2 Å². The fraction of sp³-hybridized carbons (Fsp3) is 0.474. The molecule has 1 saturated heterocycles. The SMILES string of the molecule is C=CC[C@@H]1C[C@@H](CC=C)OC(CCOCc2ccccc2)O1. The Bertz CT molecular complexity index is 425. The fourth-order valence-corrected chi connectivity index (χ4v) is 2.62. The lowest BCUT2D eigenvalue weighted by molar-refractivity contribution is -0.246. The summed E-state index contributed by atoms with van der Waals surface area (Å²) >= 11 is 0. The van der Waals surface area contributed by atoms with Gasteiger partial charge in [-0.3, -0.25) is 0 Å². The van der Waals surface area contributed by atoms with E-state index in [2.05, 4.69) is 25.3 Å². The van der Waals surface area contributed by atoms with Gasteiger partial charge in [0.25, 0.3) is 0 Å². The molecule has 0 radical (unpaired) electrons. The molecule has 0 saturated carbocycles. The third-order valence-electron chi connectivity index (χ3n) is 3.68. The van der Waals surface area contributed by atoms with Crippen LogP contribution in [0.4, 0.5) is 0 Å². The van der Waals surface area contributed by atoms with Crippen LogP contribution in [0.5, 0.6) is 0 Å². The van der Waals surface area contributed by atoms with Crippen LogP contribution >= 0.6 is 0 Å². The van der Waals surface area contributed by atoms with E-state index in [0.29, 0.717) is 13.2 Å². The van der Waals surface area contributed by atoms with Gasteiger partial charge in [0.05, 0.1) is 25.4 Å². The molecule has 0 aromatic heterocycles. The Hall–Kier alpha value is -1.42. The van der Waals surface area contributed by atoms with E-state index in [1.807, 2.05) is 30.4 Å². The summed E-state index contributed by atoms with van der Waals surface area (Å²) in [5.74, 6) is 0. The smallest absolute Gasteiger partial charge is 0.160 e. The maximum atomic E-state index is 5.95. The maximum absolute atomic E-state index is 5.95. The van der Waals surface area contributed by atoms with Crippen molar-refractivity contribution in [2.24, 2.45) is 0 Å². The first-order valence-corrected chi connectivity index (χ1v) is 7.96. The number of benzene rings is 1. The molecule has 0 amide bonds. The first-order chi connectivity index (χ1) is 10.8. The summed E-state index contributed by atoms with van der Waals surface area (Å²) in [7, 11) is 0. The molecule has 0 N–H and O–H groups in total. The molecule has 2 rings (SSSR count). The lowest BCUT2D eigenvalue weighted by atomic mass is 10.0. The molecular weight excluding hydrogens is 276 g/mol. The fourth-order valence-electron chi connectivity index (χ4n) is 2.62. The van der Waals surface area contributed by atoms with Gasteiger partial charge >= 0.3 is 0 Å². The van der Waals surface area contributed by atoms with Crippen molar-refractivity contribution < 1.29 is 14.2 Å². The summed E-state index contributed by atoms with van der Waals surface area (Å²) in [5, 5.41) is 0. The largest absolute Gasteiger partial charge is 0.377 e. The highest BCUT2D eigenvalue weighted by Crippen LogP contribution is 2.25. The molecule has 1 aliphatic rings. The molecule has 1 aliphatic heterocycles. The van der Waals surface area contributed by atoms with E-state index < -0.39 is 0 Å². The average Bonchev–Trinajstić information content (AvgIpc) is 2.53. The first-order valence-electron chi connectivity index (χ1n) is 7.96. The molecule has 120 valence electrons. The molecule has 1 aromatic rings. The third kappa shape index (κ3) is 5.76. The summed E-state index contributed by atoms with van der Waals surface area (Å²) in [6.07, 6.45) is 7.36. The van der Waals surface area contributed by atoms with Crippen LogP contribution in [0.2, 0.25) is 0 Å². The molecule has 1 aromatic carbocycles. The van der Waals surface area contributed by atoms with Crippen molar-refractivity contribution in [3.63, 3.8) is 0 Å². The molecule has 1 fully saturated rings. The number of ether oxygens (including phenoxy) is 3. The van der Waals surface area contributed by atoms with Gasteiger partial charge in [-0.1, -0.05) is 42.5 Å². The normalized spacial score (nSPS) is 24.8. The van der Waals surface area contributed by atoms with Crippen LogP contribution in [-0.4, -0.2) is 25.1 Å². The van der Waals surface area contributed by atoms with E-state index in [0.717, 1.165) is 25.7 Å². The molecule has 0 spiro atoms. The van der Waals surface area contributed by atoms with Crippen molar-refractivity contribution in [2.45, 2.75) is 50.8 Å². The molecule has 3 nitrogen and oxygen atoms in total. The zero-order valence-corrected chi connectivity index (χ0v) is 13.2. The van der Waals surface area contributed by atoms with Crippen molar-refractivity contribution in [1.29, 1.82) is 0 Å². The second-order valence-electron chi connectivity index (χ2n) is 5.56. The molecule has 1 heterocycles. The summed E-state index contributed by atoms with van der Waals surface area (Å²) in [6.45, 7) is 8.84. The zero-order chi connectivity index (χ0) is 15.6. The summed E-state index contributed by atoms with van der Waals surface area (Å²) in [5.41, 5.74) is 1.18. The summed E-state index contributed by atoms with van der Waals surface area (Å²) in [6, 6.07) is 10.2. The van der Waals surface area contributed by atoms with E-state index in [1.165, 1.54) is 5.56 Å². The lowest BCUT2D eigenvalue weighted by Crippen LogP contribution is -2.38. The standard InChI is InChI=1S/C19H26O3/c1-3-8-17-14-18(9-4-2)22-19(21-17)12-13-20-15-16-10-6-5-7-11-16/h3-7,10-11,17-19H,1-2,8-9,12-15H2/t17-,18-/m1/s1. The second-order valence-corrected chi connectivity index (χ2v) is 5.56. The minimum atomic E-state index is -0.195. The van der Waals surface area contributed by atoms with E-state index >= 15 is 0 Å². The highest BCUT2D eigenvalue weighted by Gasteiger charge is 2.28. The van der Waals surface area contributed by atoms with Crippen molar-refractivity contribution in [2.75, 3.05) is 6.61 Å². The van der Waals surface area contributed by atoms with Gasteiger partial charge in [0.1, 0.15) is 0 Å². The third-order valence-corrected chi connectivity index (χ3v) is 3.68. The summed E-state index contributed by atoms with van der Waals surface area (Å²) < 4.78 is 17.6. The molecule has 2 atom stereocenters. The van der Waals surface area contributed by atoms with Crippen LogP contribution < -0.4 is 0 Å². The molecule has 3 heteroatoms. The van der Waals surface area contributed by atoms with Gasteiger partial charge in [-0.15, -0.1) is 13.2 Å². The Balaban J connectivity index is 1.72. The van der Waals surface area contributed by atoms with Crippen LogP contribution in [0, 0.1) is 0 Å². The van der Waals surface area contributed by atoms with Crippen LogP contribution in [-0.2, 0) is 20.8 Å². The van der Waals surface area contributed by atoms with Crippen molar-refractivity contribution in [3.8, 4) is 0 Å². The van der Waals surface area contributed by atoms with E-state index in [9.17, 15) is 0 Å². The highest BCUT2D eigenvalue weighted by molar-refractivity contribution is 5.13. The van der Waals surface area contributed by atoms with Crippen molar-refractivity contribution >= 4 is 0 Å². The van der Waals surface area contributed by atoms with E-state index in [1.54, 1.807) is 0 Å². The Morgan fingerprint density at radius 3 is 2.27 bits per heavy atom. The van der Waals surface area contributed by atoms with Crippen molar-refractivity contribution in [1.82, 2.24) is 0 Å². The lowest BCUT2D eigenvalue weighted by Gasteiger charge is -2.35. The van der Waals surface area contributed by atoms with Gasteiger partial charge in [0.2, 0.25) is 0 Å². The zero-order valence-electron chi connectivity index (χ0n) is 13.2. The Kier molecular flexibility index (Phi) is 7.37. The van der Waals surface area contributed by atoms with Crippen LogP contribution in [0.15, 0.2) is 55.6 Å². The van der Waals surface area contributed by atoms with Gasteiger partial charge in [0.15, 0.2) is 6.29 Å². The summed E-state index contributed by atoms with van der Waals surface area (Å²) in [4.78, 5) is 0.